The Labute approximate surface area is 139 Å². The van der Waals surface area contributed by atoms with Crippen molar-refractivity contribution in [2.75, 3.05) is 10.0 Å². The molecule has 3 aromatic rings. The lowest BCUT2D eigenvalue weighted by Crippen LogP contribution is -2.15. The number of rotatable bonds is 4. The minimum atomic E-state index is -3.73. The molecule has 0 fully saturated rings. The van der Waals surface area contributed by atoms with Gasteiger partial charge >= 0.3 is 0 Å². The topological polar surface area (TPSA) is 92.6 Å². The SMILES string of the molecule is CC(=O)Nc1ccc(S(=O)(=O)Nc2ccc3nccn3c2C)cc1. The first kappa shape index (κ1) is 16.0. The summed E-state index contributed by atoms with van der Waals surface area (Å²) in [7, 11) is -3.73. The maximum atomic E-state index is 12.5. The number of hydrogen-bond donors (Lipinski definition) is 2. The van der Waals surface area contributed by atoms with Crippen molar-refractivity contribution in [3.8, 4) is 0 Å². The number of hydrogen-bond acceptors (Lipinski definition) is 4. The smallest absolute Gasteiger partial charge is 0.261 e. The fourth-order valence-corrected chi connectivity index (χ4v) is 3.48. The number of fused-ring (bicyclic) bond motifs is 1. The summed E-state index contributed by atoms with van der Waals surface area (Å²) in [5.74, 6) is -0.215. The molecule has 0 saturated carbocycles. The highest BCUT2D eigenvalue weighted by atomic mass is 32.2. The zero-order chi connectivity index (χ0) is 17.3. The highest BCUT2D eigenvalue weighted by molar-refractivity contribution is 7.92. The van der Waals surface area contributed by atoms with Crippen LogP contribution in [0.1, 0.15) is 12.6 Å². The van der Waals surface area contributed by atoms with Gasteiger partial charge in [0.05, 0.1) is 10.6 Å². The second-order valence-corrected chi connectivity index (χ2v) is 6.98. The zero-order valence-corrected chi connectivity index (χ0v) is 14.0. The molecule has 2 N–H and O–H groups in total. The summed E-state index contributed by atoms with van der Waals surface area (Å²) in [6, 6.07) is 9.40. The van der Waals surface area contributed by atoms with Crippen molar-refractivity contribution in [2.45, 2.75) is 18.7 Å². The molecule has 0 bridgehead atoms. The van der Waals surface area contributed by atoms with Crippen LogP contribution in [0, 0.1) is 6.92 Å². The summed E-state index contributed by atoms with van der Waals surface area (Å²) >= 11 is 0. The van der Waals surface area contributed by atoms with Gasteiger partial charge in [-0.15, -0.1) is 0 Å². The average Bonchev–Trinajstić information content (AvgIpc) is 2.99. The average molecular weight is 344 g/mol. The molecule has 0 aliphatic heterocycles. The van der Waals surface area contributed by atoms with E-state index in [4.69, 9.17) is 0 Å². The van der Waals surface area contributed by atoms with Crippen LogP contribution in [0.4, 0.5) is 11.4 Å². The molecule has 8 heteroatoms. The summed E-state index contributed by atoms with van der Waals surface area (Å²) in [4.78, 5) is 15.3. The molecule has 1 amide bonds. The van der Waals surface area contributed by atoms with Gasteiger partial charge in [-0.25, -0.2) is 13.4 Å². The minimum Gasteiger partial charge on any atom is -0.326 e. The molecule has 2 heterocycles. The van der Waals surface area contributed by atoms with Crippen LogP contribution < -0.4 is 10.0 Å². The lowest BCUT2D eigenvalue weighted by Gasteiger charge is -2.12. The van der Waals surface area contributed by atoms with Crippen molar-refractivity contribution < 1.29 is 13.2 Å². The summed E-state index contributed by atoms with van der Waals surface area (Å²) in [6.45, 7) is 3.20. The Hall–Kier alpha value is -2.87. The Balaban J connectivity index is 1.89. The molecular weight excluding hydrogens is 328 g/mol. The monoisotopic (exact) mass is 344 g/mol. The summed E-state index contributed by atoms with van der Waals surface area (Å²) < 4.78 is 29.5. The molecule has 0 unspecified atom stereocenters. The third-order valence-corrected chi connectivity index (χ3v) is 4.93. The van der Waals surface area contributed by atoms with Crippen molar-refractivity contribution in [3.63, 3.8) is 0 Å². The van der Waals surface area contributed by atoms with E-state index >= 15 is 0 Å². The van der Waals surface area contributed by atoms with Gasteiger partial charge in [0.2, 0.25) is 5.91 Å². The lowest BCUT2D eigenvalue weighted by atomic mass is 10.3. The Morgan fingerprint density at radius 3 is 2.50 bits per heavy atom. The van der Waals surface area contributed by atoms with Crippen molar-refractivity contribution in [3.05, 3.63) is 54.5 Å². The molecule has 1 aromatic carbocycles. The van der Waals surface area contributed by atoms with E-state index in [1.165, 1.54) is 19.1 Å². The van der Waals surface area contributed by atoms with Gasteiger partial charge in [0.1, 0.15) is 5.65 Å². The molecule has 24 heavy (non-hydrogen) atoms. The number of nitrogens with zero attached hydrogens (tertiary/aromatic N) is 2. The number of nitrogens with one attached hydrogen (secondary N) is 2. The van der Waals surface area contributed by atoms with Crippen LogP contribution in [0.15, 0.2) is 53.7 Å². The quantitative estimate of drug-likeness (QED) is 0.760. The molecule has 0 radical (unpaired) electrons. The van der Waals surface area contributed by atoms with Crippen LogP contribution in [-0.4, -0.2) is 23.7 Å². The Bertz CT molecular complexity index is 1010. The van der Waals surface area contributed by atoms with Gasteiger partial charge in [-0.2, -0.15) is 0 Å². The van der Waals surface area contributed by atoms with E-state index in [-0.39, 0.29) is 10.8 Å². The predicted molar refractivity (Wildman–Crippen MR) is 91.5 cm³/mol. The molecule has 0 aliphatic carbocycles. The van der Waals surface area contributed by atoms with Gasteiger partial charge in [-0.1, -0.05) is 0 Å². The first-order valence-corrected chi connectivity index (χ1v) is 8.68. The van der Waals surface area contributed by atoms with Gasteiger partial charge < -0.3 is 9.72 Å². The van der Waals surface area contributed by atoms with Crippen molar-refractivity contribution in [2.24, 2.45) is 0 Å². The van der Waals surface area contributed by atoms with Gasteiger partial charge in [0.15, 0.2) is 0 Å². The minimum absolute atomic E-state index is 0.113. The summed E-state index contributed by atoms with van der Waals surface area (Å²) in [5, 5.41) is 2.59. The number of pyridine rings is 1. The lowest BCUT2D eigenvalue weighted by molar-refractivity contribution is -0.114. The molecule has 7 nitrogen and oxygen atoms in total. The Morgan fingerprint density at radius 2 is 1.83 bits per heavy atom. The van der Waals surface area contributed by atoms with Gasteiger partial charge in [-0.05, 0) is 43.3 Å². The highest BCUT2D eigenvalue weighted by Gasteiger charge is 2.16. The first-order chi connectivity index (χ1) is 11.4. The maximum Gasteiger partial charge on any atom is 0.261 e. The predicted octanol–water partition coefficient (Wildman–Crippen LogP) is 2.40. The number of anilines is 2. The van der Waals surface area contributed by atoms with Crippen LogP contribution in [0.5, 0.6) is 0 Å². The van der Waals surface area contributed by atoms with E-state index in [1.54, 1.807) is 41.1 Å². The van der Waals surface area contributed by atoms with E-state index in [2.05, 4.69) is 15.0 Å². The zero-order valence-electron chi connectivity index (χ0n) is 13.1. The molecule has 0 aliphatic rings. The van der Waals surface area contributed by atoms with Crippen LogP contribution in [-0.2, 0) is 14.8 Å². The van der Waals surface area contributed by atoms with Crippen LogP contribution >= 0.6 is 0 Å². The van der Waals surface area contributed by atoms with Crippen molar-refractivity contribution >= 4 is 33.0 Å². The third-order valence-electron chi connectivity index (χ3n) is 3.55. The van der Waals surface area contributed by atoms with Crippen molar-refractivity contribution in [1.82, 2.24) is 9.38 Å². The number of sulfonamides is 1. The highest BCUT2D eigenvalue weighted by Crippen LogP contribution is 2.22. The van der Waals surface area contributed by atoms with Gasteiger partial charge in [0.25, 0.3) is 10.0 Å². The maximum absolute atomic E-state index is 12.5. The van der Waals surface area contributed by atoms with E-state index in [9.17, 15) is 13.2 Å². The number of aromatic nitrogens is 2. The first-order valence-electron chi connectivity index (χ1n) is 7.20. The van der Waals surface area contributed by atoms with E-state index in [0.29, 0.717) is 11.4 Å². The number of imidazole rings is 1. The largest absolute Gasteiger partial charge is 0.326 e. The van der Waals surface area contributed by atoms with Gasteiger partial charge in [-0.3, -0.25) is 9.52 Å². The van der Waals surface area contributed by atoms with E-state index in [0.717, 1.165) is 11.3 Å². The second-order valence-electron chi connectivity index (χ2n) is 5.30. The number of aryl methyl sites for hydroxylation is 1. The van der Waals surface area contributed by atoms with Crippen LogP contribution in [0.2, 0.25) is 0 Å². The number of amides is 1. The van der Waals surface area contributed by atoms with Crippen LogP contribution in [0.25, 0.3) is 5.65 Å². The van der Waals surface area contributed by atoms with Gasteiger partial charge in [0, 0.05) is 30.7 Å². The van der Waals surface area contributed by atoms with E-state index < -0.39 is 10.0 Å². The molecule has 0 spiro atoms. The standard InChI is InChI=1S/C16H16N4O3S/c1-11-15(7-8-16-17-9-10-20(11)16)19-24(22,23)14-5-3-13(4-6-14)18-12(2)21/h3-10,19H,1-2H3,(H,18,21). The molecular formula is C16H16N4O3S. The van der Waals surface area contributed by atoms with Crippen LogP contribution in [0.3, 0.4) is 0 Å². The summed E-state index contributed by atoms with van der Waals surface area (Å²) in [5.41, 5.74) is 2.50. The number of carbonyl (C=O) groups excluding carboxylic acids is 1. The molecule has 124 valence electrons. The molecule has 2 aromatic heterocycles. The molecule has 3 rings (SSSR count). The fraction of sp³-hybridized carbons (Fsp3) is 0.125. The summed E-state index contributed by atoms with van der Waals surface area (Å²) in [6.07, 6.45) is 3.42. The number of benzene rings is 1. The molecule has 0 saturated heterocycles. The second kappa shape index (κ2) is 5.97. The normalized spacial score (nSPS) is 11.4. The van der Waals surface area contributed by atoms with Crippen molar-refractivity contribution in [1.29, 1.82) is 0 Å². The number of carbonyl (C=O) groups is 1. The third kappa shape index (κ3) is 3.09. The van der Waals surface area contributed by atoms with E-state index in [1.807, 2.05) is 6.92 Å². The Morgan fingerprint density at radius 1 is 1.12 bits per heavy atom. The fourth-order valence-electron chi connectivity index (χ4n) is 2.36. The molecule has 0 atom stereocenters. The Kier molecular flexibility index (Phi) is 3.98.